The van der Waals surface area contributed by atoms with Crippen LogP contribution in [0.4, 0.5) is 4.39 Å². The van der Waals surface area contributed by atoms with Crippen molar-refractivity contribution >= 4 is 0 Å². The summed E-state index contributed by atoms with van der Waals surface area (Å²) < 4.78 is 13.2. The van der Waals surface area contributed by atoms with Crippen LogP contribution in [0.3, 0.4) is 0 Å². The Morgan fingerprint density at radius 3 is 2.59 bits per heavy atom. The fourth-order valence-electron chi connectivity index (χ4n) is 2.97. The molecule has 1 atom stereocenters. The molecule has 1 aliphatic carbocycles. The number of aliphatic hydroxyl groups is 1. The largest absolute Gasteiger partial charge is 0.390 e. The van der Waals surface area contributed by atoms with E-state index >= 15 is 0 Å². The maximum Gasteiger partial charge on any atom is 0.123 e. The summed E-state index contributed by atoms with van der Waals surface area (Å²) in [6, 6.07) is 4.81. The Morgan fingerprint density at radius 1 is 1.29 bits per heavy atom. The van der Waals surface area contributed by atoms with Crippen LogP contribution in [0.2, 0.25) is 0 Å². The van der Waals surface area contributed by atoms with E-state index in [4.69, 9.17) is 0 Å². The molecular formula is C15H21FO. The molecule has 0 heterocycles. The molecule has 1 aromatic carbocycles. The highest BCUT2D eigenvalue weighted by Crippen LogP contribution is 2.45. The van der Waals surface area contributed by atoms with Crippen molar-refractivity contribution in [3.63, 3.8) is 0 Å². The Labute approximate surface area is 103 Å². The van der Waals surface area contributed by atoms with E-state index in [2.05, 4.69) is 13.8 Å². The van der Waals surface area contributed by atoms with Crippen LogP contribution >= 0.6 is 0 Å². The van der Waals surface area contributed by atoms with E-state index in [1.165, 1.54) is 6.07 Å². The van der Waals surface area contributed by atoms with Crippen LogP contribution in [-0.4, -0.2) is 10.7 Å². The van der Waals surface area contributed by atoms with Gasteiger partial charge in [0.15, 0.2) is 0 Å². The maximum atomic E-state index is 13.2. The van der Waals surface area contributed by atoms with Gasteiger partial charge in [-0.2, -0.15) is 0 Å². The fraction of sp³-hybridized carbons (Fsp3) is 0.600. The maximum absolute atomic E-state index is 13.2. The fourth-order valence-corrected chi connectivity index (χ4v) is 2.97. The molecular weight excluding hydrogens is 215 g/mol. The molecule has 1 N–H and O–H groups in total. The van der Waals surface area contributed by atoms with Gasteiger partial charge in [0.1, 0.15) is 5.82 Å². The number of halogens is 1. The first kappa shape index (κ1) is 12.6. The average molecular weight is 236 g/mol. The minimum Gasteiger partial charge on any atom is -0.390 e. The Kier molecular flexibility index (Phi) is 3.03. The smallest absolute Gasteiger partial charge is 0.123 e. The van der Waals surface area contributed by atoms with Crippen molar-refractivity contribution < 1.29 is 9.50 Å². The molecule has 1 aliphatic rings. The first-order valence-corrected chi connectivity index (χ1v) is 6.27. The number of hydrogen-bond donors (Lipinski definition) is 1. The lowest BCUT2D eigenvalue weighted by Gasteiger charge is -2.26. The Hall–Kier alpha value is -0.890. The van der Waals surface area contributed by atoms with Gasteiger partial charge in [-0.25, -0.2) is 4.39 Å². The van der Waals surface area contributed by atoms with Gasteiger partial charge in [-0.1, -0.05) is 19.9 Å². The SMILES string of the molecule is Cc1ccc(F)cc1CC1(O)CCC(C)(C)C1. The van der Waals surface area contributed by atoms with Crippen LogP contribution < -0.4 is 0 Å². The first-order valence-electron chi connectivity index (χ1n) is 6.27. The zero-order chi connectivity index (χ0) is 12.7. The lowest BCUT2D eigenvalue weighted by atomic mass is 9.85. The molecule has 1 saturated carbocycles. The van der Waals surface area contributed by atoms with E-state index in [9.17, 15) is 9.50 Å². The molecule has 1 unspecified atom stereocenters. The third-order valence-corrected chi connectivity index (χ3v) is 3.91. The van der Waals surface area contributed by atoms with Gasteiger partial charge in [-0.05, 0) is 54.9 Å². The monoisotopic (exact) mass is 236 g/mol. The highest BCUT2D eigenvalue weighted by molar-refractivity contribution is 5.28. The van der Waals surface area contributed by atoms with Crippen LogP contribution in [0.1, 0.15) is 44.2 Å². The van der Waals surface area contributed by atoms with Gasteiger partial charge in [-0.15, -0.1) is 0 Å². The topological polar surface area (TPSA) is 20.2 Å². The Bertz CT molecular complexity index is 425. The molecule has 0 aromatic heterocycles. The molecule has 2 rings (SSSR count). The highest BCUT2D eigenvalue weighted by atomic mass is 19.1. The molecule has 94 valence electrons. The van der Waals surface area contributed by atoms with Gasteiger partial charge < -0.3 is 5.11 Å². The summed E-state index contributed by atoms with van der Waals surface area (Å²) in [5, 5.41) is 10.6. The number of aryl methyl sites for hydroxylation is 1. The van der Waals surface area contributed by atoms with Crippen molar-refractivity contribution in [2.45, 2.75) is 52.1 Å². The number of benzene rings is 1. The van der Waals surface area contributed by atoms with Gasteiger partial charge in [0.2, 0.25) is 0 Å². The van der Waals surface area contributed by atoms with Crippen molar-refractivity contribution in [1.29, 1.82) is 0 Å². The zero-order valence-corrected chi connectivity index (χ0v) is 10.9. The third-order valence-electron chi connectivity index (χ3n) is 3.91. The molecule has 0 radical (unpaired) electrons. The lowest BCUT2D eigenvalue weighted by Crippen LogP contribution is -2.29. The standard InChI is InChI=1S/C15H21FO/c1-11-4-5-13(16)8-12(11)9-15(17)7-6-14(2,3)10-15/h4-5,8,17H,6-7,9-10H2,1-3H3. The van der Waals surface area contributed by atoms with Gasteiger partial charge in [0.25, 0.3) is 0 Å². The molecule has 0 aliphatic heterocycles. The van der Waals surface area contributed by atoms with E-state index < -0.39 is 5.60 Å². The highest BCUT2D eigenvalue weighted by Gasteiger charge is 2.41. The summed E-state index contributed by atoms with van der Waals surface area (Å²) >= 11 is 0. The molecule has 1 nitrogen and oxygen atoms in total. The summed E-state index contributed by atoms with van der Waals surface area (Å²) in [4.78, 5) is 0. The van der Waals surface area contributed by atoms with Crippen molar-refractivity contribution in [3.8, 4) is 0 Å². The van der Waals surface area contributed by atoms with E-state index in [0.29, 0.717) is 6.42 Å². The van der Waals surface area contributed by atoms with E-state index in [1.807, 2.05) is 6.92 Å². The minimum atomic E-state index is -0.651. The normalized spacial score (nSPS) is 27.4. The second-order valence-corrected chi connectivity index (χ2v) is 6.31. The lowest BCUT2D eigenvalue weighted by molar-refractivity contribution is 0.0377. The van der Waals surface area contributed by atoms with Crippen molar-refractivity contribution in [2.24, 2.45) is 5.41 Å². The van der Waals surface area contributed by atoms with Crippen LogP contribution in [0.15, 0.2) is 18.2 Å². The van der Waals surface area contributed by atoms with Gasteiger partial charge >= 0.3 is 0 Å². The second-order valence-electron chi connectivity index (χ2n) is 6.31. The van der Waals surface area contributed by atoms with Gasteiger partial charge in [0, 0.05) is 6.42 Å². The molecule has 1 fully saturated rings. The van der Waals surface area contributed by atoms with Crippen molar-refractivity contribution in [1.82, 2.24) is 0 Å². The predicted molar refractivity (Wildman–Crippen MR) is 67.4 cm³/mol. The van der Waals surface area contributed by atoms with Crippen LogP contribution in [0.25, 0.3) is 0 Å². The third kappa shape index (κ3) is 2.86. The summed E-state index contributed by atoms with van der Waals surface area (Å²) in [5.41, 5.74) is 1.55. The second kappa shape index (κ2) is 4.09. The summed E-state index contributed by atoms with van der Waals surface area (Å²) in [7, 11) is 0. The van der Waals surface area contributed by atoms with E-state index in [-0.39, 0.29) is 11.2 Å². The molecule has 0 saturated heterocycles. The Morgan fingerprint density at radius 2 is 2.00 bits per heavy atom. The van der Waals surface area contributed by atoms with Crippen molar-refractivity contribution in [3.05, 3.63) is 35.1 Å². The minimum absolute atomic E-state index is 0.204. The number of hydrogen-bond acceptors (Lipinski definition) is 1. The summed E-state index contributed by atoms with van der Waals surface area (Å²) in [6.07, 6.45) is 3.23. The molecule has 0 spiro atoms. The zero-order valence-electron chi connectivity index (χ0n) is 10.9. The van der Waals surface area contributed by atoms with E-state index in [1.54, 1.807) is 12.1 Å². The average Bonchev–Trinajstić information content (AvgIpc) is 2.47. The molecule has 17 heavy (non-hydrogen) atoms. The predicted octanol–water partition coefficient (Wildman–Crippen LogP) is 3.62. The van der Waals surface area contributed by atoms with Crippen molar-refractivity contribution in [2.75, 3.05) is 0 Å². The van der Waals surface area contributed by atoms with Gasteiger partial charge in [-0.3, -0.25) is 0 Å². The van der Waals surface area contributed by atoms with Crippen LogP contribution in [0.5, 0.6) is 0 Å². The van der Waals surface area contributed by atoms with E-state index in [0.717, 1.165) is 30.4 Å². The summed E-state index contributed by atoms with van der Waals surface area (Å²) in [6.45, 7) is 6.34. The molecule has 0 amide bonds. The molecule has 1 aromatic rings. The van der Waals surface area contributed by atoms with Crippen LogP contribution in [-0.2, 0) is 6.42 Å². The molecule has 2 heteroatoms. The summed E-state index contributed by atoms with van der Waals surface area (Å²) in [5.74, 6) is -0.216. The first-order chi connectivity index (χ1) is 7.80. The quantitative estimate of drug-likeness (QED) is 0.831. The Balaban J connectivity index is 2.18. The molecule has 0 bridgehead atoms. The number of rotatable bonds is 2. The van der Waals surface area contributed by atoms with Gasteiger partial charge in [0.05, 0.1) is 5.60 Å². The van der Waals surface area contributed by atoms with Crippen LogP contribution in [0, 0.1) is 18.2 Å².